The Hall–Kier alpha value is -1.51. The molecule has 1 N–H and O–H groups in total. The molecule has 0 radical (unpaired) electrons. The first-order chi connectivity index (χ1) is 6.59. The van der Waals surface area contributed by atoms with Crippen LogP contribution in [0.2, 0.25) is 0 Å². The number of hydrogen-bond donors (Lipinski definition) is 1. The van der Waals surface area contributed by atoms with Gasteiger partial charge in [0.25, 0.3) is 0 Å². The van der Waals surface area contributed by atoms with Gasteiger partial charge in [-0.05, 0) is 26.0 Å². The first-order valence-electron chi connectivity index (χ1n) is 4.73. The zero-order valence-electron chi connectivity index (χ0n) is 8.45. The van der Waals surface area contributed by atoms with Gasteiger partial charge in [-0.2, -0.15) is 0 Å². The normalized spacial score (nSPS) is 19.6. The Balaban J connectivity index is 2.21. The molecular formula is C11H14N2O. The Bertz CT molecular complexity index is 346. The van der Waals surface area contributed by atoms with Crippen molar-refractivity contribution in [2.45, 2.75) is 13.8 Å². The SMILES string of the molecule is CC1(C)CN(c2ccccc2)NC1=O. The van der Waals surface area contributed by atoms with Crippen LogP contribution in [0.5, 0.6) is 0 Å². The first kappa shape index (κ1) is 9.06. The lowest BCUT2D eigenvalue weighted by molar-refractivity contribution is -0.125. The molecule has 1 aromatic carbocycles. The van der Waals surface area contributed by atoms with Gasteiger partial charge in [0.1, 0.15) is 0 Å². The van der Waals surface area contributed by atoms with E-state index in [1.807, 2.05) is 49.2 Å². The predicted molar refractivity (Wildman–Crippen MR) is 55.7 cm³/mol. The number of hydrazine groups is 1. The van der Waals surface area contributed by atoms with Crippen molar-refractivity contribution in [2.75, 3.05) is 11.6 Å². The summed E-state index contributed by atoms with van der Waals surface area (Å²) in [5.74, 6) is 0.0846. The van der Waals surface area contributed by atoms with Crippen LogP contribution >= 0.6 is 0 Å². The fraction of sp³-hybridized carbons (Fsp3) is 0.364. The van der Waals surface area contributed by atoms with E-state index in [9.17, 15) is 4.79 Å². The number of amides is 1. The lowest BCUT2D eigenvalue weighted by Gasteiger charge is -2.18. The molecule has 1 amide bonds. The van der Waals surface area contributed by atoms with Crippen LogP contribution in [0.4, 0.5) is 5.69 Å². The number of hydrogen-bond acceptors (Lipinski definition) is 2. The summed E-state index contributed by atoms with van der Waals surface area (Å²) in [6, 6.07) is 9.87. The number of anilines is 1. The fourth-order valence-electron chi connectivity index (χ4n) is 1.54. The van der Waals surface area contributed by atoms with Crippen molar-refractivity contribution in [3.05, 3.63) is 30.3 Å². The van der Waals surface area contributed by atoms with Gasteiger partial charge in [0, 0.05) is 0 Å². The standard InChI is InChI=1S/C11H14N2O/c1-11(2)8-13(12-10(11)14)9-6-4-3-5-7-9/h3-7H,8H2,1-2H3,(H,12,14). The summed E-state index contributed by atoms with van der Waals surface area (Å²) in [4.78, 5) is 11.5. The monoisotopic (exact) mass is 190 g/mol. The molecule has 0 unspecified atom stereocenters. The lowest BCUT2D eigenvalue weighted by Crippen LogP contribution is -2.33. The van der Waals surface area contributed by atoms with E-state index in [2.05, 4.69) is 5.43 Å². The van der Waals surface area contributed by atoms with E-state index in [4.69, 9.17) is 0 Å². The molecule has 1 fully saturated rings. The maximum absolute atomic E-state index is 11.5. The Morgan fingerprint density at radius 1 is 1.29 bits per heavy atom. The van der Waals surface area contributed by atoms with E-state index < -0.39 is 0 Å². The number of carbonyl (C=O) groups excluding carboxylic acids is 1. The summed E-state index contributed by atoms with van der Waals surface area (Å²) >= 11 is 0. The molecule has 3 nitrogen and oxygen atoms in total. The molecule has 0 atom stereocenters. The molecule has 1 saturated heterocycles. The molecule has 0 spiro atoms. The molecule has 2 rings (SSSR count). The fourth-order valence-corrected chi connectivity index (χ4v) is 1.54. The van der Waals surface area contributed by atoms with Crippen LogP contribution in [0.3, 0.4) is 0 Å². The first-order valence-corrected chi connectivity index (χ1v) is 4.73. The molecule has 0 bridgehead atoms. The van der Waals surface area contributed by atoms with Crippen molar-refractivity contribution in [3.63, 3.8) is 0 Å². The van der Waals surface area contributed by atoms with E-state index in [1.54, 1.807) is 0 Å². The Morgan fingerprint density at radius 2 is 1.93 bits per heavy atom. The van der Waals surface area contributed by atoms with Gasteiger partial charge < -0.3 is 0 Å². The second-order valence-corrected chi connectivity index (χ2v) is 4.25. The molecule has 3 heteroatoms. The average Bonchev–Trinajstić information content (AvgIpc) is 2.43. The molecule has 74 valence electrons. The number of nitrogens with one attached hydrogen (secondary N) is 1. The van der Waals surface area contributed by atoms with Crippen molar-refractivity contribution in [2.24, 2.45) is 5.41 Å². The minimum Gasteiger partial charge on any atom is -0.284 e. The van der Waals surface area contributed by atoms with Crippen LogP contribution in [-0.2, 0) is 4.79 Å². The van der Waals surface area contributed by atoms with Gasteiger partial charge in [0.2, 0.25) is 5.91 Å². The molecule has 0 aromatic heterocycles. The average molecular weight is 190 g/mol. The third-order valence-electron chi connectivity index (χ3n) is 2.47. The molecule has 1 heterocycles. The quantitative estimate of drug-likeness (QED) is 0.729. The maximum Gasteiger partial charge on any atom is 0.246 e. The van der Waals surface area contributed by atoms with E-state index >= 15 is 0 Å². The maximum atomic E-state index is 11.5. The summed E-state index contributed by atoms with van der Waals surface area (Å²) in [6.07, 6.45) is 0. The topological polar surface area (TPSA) is 32.3 Å². The van der Waals surface area contributed by atoms with E-state index in [0.29, 0.717) is 0 Å². The van der Waals surface area contributed by atoms with Gasteiger partial charge >= 0.3 is 0 Å². The summed E-state index contributed by atoms with van der Waals surface area (Å²) in [5.41, 5.74) is 3.59. The minimum absolute atomic E-state index is 0.0846. The van der Waals surface area contributed by atoms with Gasteiger partial charge in [-0.3, -0.25) is 15.2 Å². The highest BCUT2D eigenvalue weighted by Gasteiger charge is 2.37. The number of para-hydroxylation sites is 1. The van der Waals surface area contributed by atoms with E-state index in [0.717, 1.165) is 12.2 Å². The van der Waals surface area contributed by atoms with Crippen LogP contribution in [-0.4, -0.2) is 12.5 Å². The highest BCUT2D eigenvalue weighted by atomic mass is 16.2. The zero-order chi connectivity index (χ0) is 10.2. The zero-order valence-corrected chi connectivity index (χ0v) is 8.45. The van der Waals surface area contributed by atoms with Crippen LogP contribution in [0.15, 0.2) is 30.3 Å². The Labute approximate surface area is 83.7 Å². The van der Waals surface area contributed by atoms with E-state index in [-0.39, 0.29) is 11.3 Å². The summed E-state index contributed by atoms with van der Waals surface area (Å²) in [5, 5.41) is 1.89. The second kappa shape index (κ2) is 3.01. The van der Waals surface area contributed by atoms with Crippen molar-refractivity contribution in [1.82, 2.24) is 5.43 Å². The predicted octanol–water partition coefficient (Wildman–Crippen LogP) is 1.56. The van der Waals surface area contributed by atoms with Gasteiger partial charge in [0.15, 0.2) is 0 Å². The minimum atomic E-state index is -0.296. The van der Waals surface area contributed by atoms with Crippen molar-refractivity contribution < 1.29 is 4.79 Å². The van der Waals surface area contributed by atoms with E-state index in [1.165, 1.54) is 0 Å². The molecular weight excluding hydrogens is 176 g/mol. The van der Waals surface area contributed by atoms with Crippen molar-refractivity contribution >= 4 is 11.6 Å². The highest BCUT2D eigenvalue weighted by molar-refractivity contribution is 5.87. The van der Waals surface area contributed by atoms with Crippen LogP contribution in [0.1, 0.15) is 13.8 Å². The second-order valence-electron chi connectivity index (χ2n) is 4.25. The van der Waals surface area contributed by atoms with Gasteiger partial charge in [-0.25, -0.2) is 0 Å². The smallest absolute Gasteiger partial charge is 0.246 e. The number of carbonyl (C=O) groups is 1. The lowest BCUT2D eigenvalue weighted by atomic mass is 9.94. The van der Waals surface area contributed by atoms with Crippen LogP contribution in [0, 0.1) is 5.41 Å². The number of rotatable bonds is 1. The van der Waals surface area contributed by atoms with Gasteiger partial charge in [-0.15, -0.1) is 0 Å². The highest BCUT2D eigenvalue weighted by Crippen LogP contribution is 2.26. The largest absolute Gasteiger partial charge is 0.284 e. The van der Waals surface area contributed by atoms with Crippen LogP contribution in [0.25, 0.3) is 0 Å². The number of nitrogens with zero attached hydrogens (tertiary/aromatic N) is 1. The summed E-state index contributed by atoms with van der Waals surface area (Å²) in [7, 11) is 0. The van der Waals surface area contributed by atoms with Gasteiger partial charge in [0.05, 0.1) is 17.6 Å². The molecule has 0 saturated carbocycles. The Kier molecular flexibility index (Phi) is 1.95. The van der Waals surface area contributed by atoms with Crippen molar-refractivity contribution in [3.8, 4) is 0 Å². The van der Waals surface area contributed by atoms with Gasteiger partial charge in [-0.1, -0.05) is 18.2 Å². The third kappa shape index (κ3) is 1.45. The molecule has 1 aromatic rings. The van der Waals surface area contributed by atoms with Crippen LogP contribution < -0.4 is 10.4 Å². The van der Waals surface area contributed by atoms with Crippen molar-refractivity contribution in [1.29, 1.82) is 0 Å². The third-order valence-corrected chi connectivity index (χ3v) is 2.47. The number of benzene rings is 1. The summed E-state index contributed by atoms with van der Waals surface area (Å²) < 4.78 is 0. The summed E-state index contributed by atoms with van der Waals surface area (Å²) in [6.45, 7) is 4.62. The molecule has 1 aliphatic heterocycles. The molecule has 0 aliphatic carbocycles. The molecule has 14 heavy (non-hydrogen) atoms. The Morgan fingerprint density at radius 3 is 2.43 bits per heavy atom. The molecule has 1 aliphatic rings.